The van der Waals surface area contributed by atoms with Gasteiger partial charge in [-0.3, -0.25) is 4.68 Å². The highest BCUT2D eigenvalue weighted by Gasteiger charge is 2.14. The van der Waals surface area contributed by atoms with Crippen LogP contribution in [0.4, 0.5) is 5.69 Å². The molecule has 0 aliphatic heterocycles. The van der Waals surface area contributed by atoms with Gasteiger partial charge in [0.15, 0.2) is 0 Å². The molecule has 0 saturated carbocycles. The van der Waals surface area contributed by atoms with Crippen molar-refractivity contribution in [3.8, 4) is 0 Å². The van der Waals surface area contributed by atoms with Crippen molar-refractivity contribution in [1.82, 2.24) is 9.78 Å². The summed E-state index contributed by atoms with van der Waals surface area (Å²) in [6.07, 6.45) is 1.36. The summed E-state index contributed by atoms with van der Waals surface area (Å²) in [5.41, 5.74) is 1.72. The van der Waals surface area contributed by atoms with Gasteiger partial charge >= 0.3 is 5.97 Å². The van der Waals surface area contributed by atoms with Crippen molar-refractivity contribution < 1.29 is 9.90 Å². The molecule has 0 amide bonds. The van der Waals surface area contributed by atoms with Crippen LogP contribution in [0.25, 0.3) is 0 Å². The highest BCUT2D eigenvalue weighted by molar-refractivity contribution is 9.11. The predicted molar refractivity (Wildman–Crippen MR) is 79.3 cm³/mol. The second-order valence-corrected chi connectivity index (χ2v) is 5.68. The van der Waals surface area contributed by atoms with Crippen LogP contribution >= 0.6 is 31.9 Å². The molecule has 0 saturated heterocycles. The maximum Gasteiger partial charge on any atom is 0.339 e. The van der Waals surface area contributed by atoms with Crippen LogP contribution < -0.4 is 5.32 Å². The number of nitrogens with zero attached hydrogens (tertiary/aromatic N) is 2. The van der Waals surface area contributed by atoms with Gasteiger partial charge in [0.05, 0.1) is 18.4 Å². The van der Waals surface area contributed by atoms with E-state index in [0.29, 0.717) is 12.2 Å². The van der Waals surface area contributed by atoms with Crippen LogP contribution in [0.15, 0.2) is 33.3 Å². The lowest BCUT2D eigenvalue weighted by Gasteiger charge is -2.10. The first-order valence-corrected chi connectivity index (χ1v) is 7.00. The summed E-state index contributed by atoms with van der Waals surface area (Å²) in [6.45, 7) is 0.382. The number of rotatable bonds is 4. The number of halogens is 2. The van der Waals surface area contributed by atoms with E-state index in [4.69, 9.17) is 5.11 Å². The second kappa shape index (κ2) is 5.75. The summed E-state index contributed by atoms with van der Waals surface area (Å²) >= 11 is 6.83. The molecule has 1 heterocycles. The molecule has 19 heavy (non-hydrogen) atoms. The topological polar surface area (TPSA) is 67.2 Å². The zero-order chi connectivity index (χ0) is 14.0. The van der Waals surface area contributed by atoms with E-state index in [1.54, 1.807) is 11.7 Å². The monoisotopic (exact) mass is 387 g/mol. The summed E-state index contributed by atoms with van der Waals surface area (Å²) in [4.78, 5) is 11.1. The normalized spacial score (nSPS) is 10.5. The third-order valence-electron chi connectivity index (χ3n) is 2.67. The Morgan fingerprint density at radius 1 is 1.47 bits per heavy atom. The minimum absolute atomic E-state index is 0.209. The van der Waals surface area contributed by atoms with Crippen molar-refractivity contribution in [3.63, 3.8) is 0 Å². The Balaban J connectivity index is 2.21. The van der Waals surface area contributed by atoms with Crippen molar-refractivity contribution in [2.75, 3.05) is 5.32 Å². The van der Waals surface area contributed by atoms with E-state index in [-0.39, 0.29) is 5.56 Å². The number of carboxylic acid groups (broad SMARTS) is 1. The number of hydrogen-bond donors (Lipinski definition) is 2. The van der Waals surface area contributed by atoms with Crippen LogP contribution in [0.5, 0.6) is 0 Å². The maximum atomic E-state index is 11.1. The lowest BCUT2D eigenvalue weighted by molar-refractivity contribution is 0.0695. The van der Waals surface area contributed by atoms with Gasteiger partial charge in [-0.25, -0.2) is 4.79 Å². The van der Waals surface area contributed by atoms with Gasteiger partial charge in [-0.05, 0) is 34.1 Å². The number of carbonyl (C=O) groups is 1. The molecule has 100 valence electrons. The van der Waals surface area contributed by atoms with Crippen molar-refractivity contribution in [3.05, 3.63) is 44.6 Å². The van der Waals surface area contributed by atoms with E-state index in [0.717, 1.165) is 14.6 Å². The van der Waals surface area contributed by atoms with Gasteiger partial charge in [-0.15, -0.1) is 0 Å². The molecule has 2 aromatic rings. The SMILES string of the molecule is Cn1ncc(C(=O)O)c1CNc1cc(Br)ccc1Br. The fourth-order valence-corrected chi connectivity index (χ4v) is 2.41. The van der Waals surface area contributed by atoms with Gasteiger partial charge in [0.1, 0.15) is 5.56 Å². The van der Waals surface area contributed by atoms with Crippen LogP contribution in [0, 0.1) is 0 Å². The van der Waals surface area contributed by atoms with Crippen LogP contribution in [0.1, 0.15) is 16.1 Å². The van der Waals surface area contributed by atoms with Crippen LogP contribution in [-0.4, -0.2) is 20.9 Å². The Bertz CT molecular complexity index is 625. The Morgan fingerprint density at radius 2 is 2.21 bits per heavy atom. The molecule has 2 N–H and O–H groups in total. The Kier molecular flexibility index (Phi) is 4.26. The molecule has 0 unspecified atom stereocenters. The summed E-state index contributed by atoms with van der Waals surface area (Å²) < 4.78 is 3.42. The van der Waals surface area contributed by atoms with Gasteiger partial charge in [0.25, 0.3) is 0 Å². The number of aromatic carboxylic acids is 1. The molecule has 0 bridgehead atoms. The average molecular weight is 389 g/mol. The van der Waals surface area contributed by atoms with Gasteiger partial charge < -0.3 is 10.4 Å². The first-order chi connectivity index (χ1) is 8.99. The van der Waals surface area contributed by atoms with Crippen LogP contribution in [0.2, 0.25) is 0 Å². The number of carboxylic acids is 1. The van der Waals surface area contributed by atoms with Crippen LogP contribution in [0.3, 0.4) is 0 Å². The highest BCUT2D eigenvalue weighted by atomic mass is 79.9. The lowest BCUT2D eigenvalue weighted by atomic mass is 10.2. The molecule has 0 fully saturated rings. The number of benzene rings is 1. The van der Waals surface area contributed by atoms with Crippen molar-refractivity contribution >= 4 is 43.5 Å². The van der Waals surface area contributed by atoms with E-state index < -0.39 is 5.97 Å². The molecule has 1 aromatic heterocycles. The Morgan fingerprint density at radius 3 is 2.89 bits per heavy atom. The molecular formula is C12H11Br2N3O2. The largest absolute Gasteiger partial charge is 0.478 e. The van der Waals surface area contributed by atoms with Gasteiger partial charge in [-0.1, -0.05) is 15.9 Å². The van der Waals surface area contributed by atoms with Crippen LogP contribution in [-0.2, 0) is 13.6 Å². The molecule has 0 aliphatic rings. The van der Waals surface area contributed by atoms with Gasteiger partial charge in [0.2, 0.25) is 0 Å². The van der Waals surface area contributed by atoms with E-state index in [1.165, 1.54) is 6.20 Å². The summed E-state index contributed by atoms with van der Waals surface area (Å²) in [5.74, 6) is -0.974. The molecule has 0 radical (unpaired) electrons. The predicted octanol–water partition coefficient (Wildman–Crippen LogP) is 3.26. The number of anilines is 1. The van der Waals surface area contributed by atoms with Crippen molar-refractivity contribution in [2.24, 2.45) is 7.05 Å². The smallest absolute Gasteiger partial charge is 0.339 e. The maximum absolute atomic E-state index is 11.1. The number of aryl methyl sites for hydroxylation is 1. The zero-order valence-electron chi connectivity index (χ0n) is 10.0. The molecule has 7 heteroatoms. The standard InChI is InChI=1S/C12H11Br2N3O2/c1-17-11(8(5-16-17)12(18)19)6-15-10-4-7(13)2-3-9(10)14/h2-5,15H,6H2,1H3,(H,18,19). The number of nitrogens with one attached hydrogen (secondary N) is 1. The molecule has 1 aromatic carbocycles. The summed E-state index contributed by atoms with van der Waals surface area (Å²) in [7, 11) is 1.72. The molecule has 2 rings (SSSR count). The molecule has 0 aliphatic carbocycles. The van der Waals surface area contributed by atoms with E-state index in [9.17, 15) is 4.79 Å². The van der Waals surface area contributed by atoms with Crippen molar-refractivity contribution in [1.29, 1.82) is 0 Å². The second-order valence-electron chi connectivity index (χ2n) is 3.91. The third-order valence-corrected chi connectivity index (χ3v) is 3.85. The first-order valence-electron chi connectivity index (χ1n) is 5.42. The van der Waals surface area contributed by atoms with Crippen molar-refractivity contribution in [2.45, 2.75) is 6.54 Å². The average Bonchev–Trinajstić information content (AvgIpc) is 2.72. The molecule has 0 atom stereocenters. The first kappa shape index (κ1) is 14.1. The Hall–Kier alpha value is -1.34. The van der Waals surface area contributed by atoms with Gasteiger partial charge in [0, 0.05) is 21.7 Å². The summed E-state index contributed by atoms with van der Waals surface area (Å²) in [5, 5.41) is 16.2. The molecular weight excluding hydrogens is 378 g/mol. The van der Waals surface area contributed by atoms with E-state index in [1.807, 2.05) is 18.2 Å². The fraction of sp³-hybridized carbons (Fsp3) is 0.167. The third kappa shape index (κ3) is 3.16. The number of hydrogen-bond acceptors (Lipinski definition) is 3. The molecule has 0 spiro atoms. The van der Waals surface area contributed by atoms with E-state index >= 15 is 0 Å². The molecule has 5 nitrogen and oxygen atoms in total. The minimum Gasteiger partial charge on any atom is -0.478 e. The summed E-state index contributed by atoms with van der Waals surface area (Å²) in [6, 6.07) is 5.75. The fourth-order valence-electron chi connectivity index (χ4n) is 1.66. The lowest BCUT2D eigenvalue weighted by Crippen LogP contribution is -2.10. The zero-order valence-corrected chi connectivity index (χ0v) is 13.2. The quantitative estimate of drug-likeness (QED) is 0.843. The highest BCUT2D eigenvalue weighted by Crippen LogP contribution is 2.26. The Labute approximate surface area is 126 Å². The number of aromatic nitrogens is 2. The minimum atomic E-state index is -0.974. The van der Waals surface area contributed by atoms with Gasteiger partial charge in [-0.2, -0.15) is 5.10 Å². The van der Waals surface area contributed by atoms with E-state index in [2.05, 4.69) is 42.3 Å².